The summed E-state index contributed by atoms with van der Waals surface area (Å²) in [7, 11) is 0. The lowest BCUT2D eigenvalue weighted by Crippen LogP contribution is -2.30. The maximum Gasteiger partial charge on any atom is 0.0658 e. The zero-order chi connectivity index (χ0) is 12.1. The molecule has 0 aromatic carbocycles. The number of hydrogen-bond acceptors (Lipinski definition) is 2. The van der Waals surface area contributed by atoms with Crippen LogP contribution >= 0.6 is 0 Å². The van der Waals surface area contributed by atoms with E-state index in [0.717, 1.165) is 12.8 Å². The van der Waals surface area contributed by atoms with Crippen LogP contribution in [0.15, 0.2) is 0 Å². The Morgan fingerprint density at radius 3 is 2.07 bits per heavy atom. The van der Waals surface area contributed by atoms with Crippen LogP contribution in [0.1, 0.15) is 53.9 Å². The second-order valence-electron chi connectivity index (χ2n) is 5.53. The van der Waals surface area contributed by atoms with Crippen LogP contribution in [0.2, 0.25) is 0 Å². The average Bonchev–Trinajstić information content (AvgIpc) is 2.15. The Morgan fingerprint density at radius 2 is 1.73 bits per heavy atom. The largest absolute Gasteiger partial charge is 0.198 e. The summed E-state index contributed by atoms with van der Waals surface area (Å²) in [6, 6.07) is 4.57. The molecule has 15 heavy (non-hydrogen) atoms. The Hall–Kier alpha value is -1.02. The van der Waals surface area contributed by atoms with Crippen LogP contribution in [0.4, 0.5) is 0 Å². The van der Waals surface area contributed by atoms with Gasteiger partial charge in [0.05, 0.1) is 12.1 Å². The highest BCUT2D eigenvalue weighted by molar-refractivity contribution is 4.96. The van der Waals surface area contributed by atoms with E-state index < -0.39 is 0 Å². The molecule has 0 amide bonds. The molecule has 0 aliphatic carbocycles. The van der Waals surface area contributed by atoms with Crippen molar-refractivity contribution in [1.82, 2.24) is 0 Å². The van der Waals surface area contributed by atoms with E-state index in [0.29, 0.717) is 6.42 Å². The molecule has 0 bridgehead atoms. The minimum Gasteiger partial charge on any atom is -0.198 e. The van der Waals surface area contributed by atoms with Crippen molar-refractivity contribution in [2.24, 2.45) is 16.7 Å². The standard InChI is InChI=1S/C13H22N2/c1-6-13(5,11(2)9-15)10-12(3,4)7-8-14/h11H,6-7,10H2,1-5H3. The Kier molecular flexibility index (Phi) is 4.82. The lowest BCUT2D eigenvalue weighted by atomic mass is 9.66. The van der Waals surface area contributed by atoms with Gasteiger partial charge in [-0.1, -0.05) is 27.7 Å². The van der Waals surface area contributed by atoms with Crippen molar-refractivity contribution in [1.29, 1.82) is 10.5 Å². The molecule has 0 rings (SSSR count). The normalized spacial score (nSPS) is 17.3. The monoisotopic (exact) mass is 206 g/mol. The lowest BCUT2D eigenvalue weighted by Gasteiger charge is -2.37. The Morgan fingerprint density at radius 1 is 1.20 bits per heavy atom. The molecule has 0 saturated heterocycles. The molecule has 0 spiro atoms. The summed E-state index contributed by atoms with van der Waals surface area (Å²) in [4.78, 5) is 0. The van der Waals surface area contributed by atoms with Gasteiger partial charge in [0.25, 0.3) is 0 Å². The maximum absolute atomic E-state index is 9.01. The van der Waals surface area contributed by atoms with E-state index in [9.17, 15) is 0 Å². The summed E-state index contributed by atoms with van der Waals surface area (Å²) < 4.78 is 0. The minimum atomic E-state index is 0.00458. The smallest absolute Gasteiger partial charge is 0.0658 e. The molecule has 0 heterocycles. The summed E-state index contributed by atoms with van der Waals surface area (Å²) in [5.41, 5.74) is 0.0275. The number of hydrogen-bond donors (Lipinski definition) is 0. The molecule has 2 nitrogen and oxygen atoms in total. The van der Waals surface area contributed by atoms with Crippen molar-refractivity contribution in [2.75, 3.05) is 0 Å². The number of rotatable bonds is 5. The fourth-order valence-corrected chi connectivity index (χ4v) is 2.11. The summed E-state index contributed by atoms with van der Waals surface area (Å²) in [6.45, 7) is 10.5. The van der Waals surface area contributed by atoms with Crippen LogP contribution in [0.5, 0.6) is 0 Å². The van der Waals surface area contributed by atoms with Crippen LogP contribution in [0, 0.1) is 39.4 Å². The highest BCUT2D eigenvalue weighted by atomic mass is 14.4. The topological polar surface area (TPSA) is 47.6 Å². The van der Waals surface area contributed by atoms with Gasteiger partial charge in [-0.25, -0.2) is 0 Å². The summed E-state index contributed by atoms with van der Waals surface area (Å²) in [5.74, 6) is 0.0421. The quantitative estimate of drug-likeness (QED) is 0.685. The zero-order valence-electron chi connectivity index (χ0n) is 10.6. The lowest BCUT2D eigenvalue weighted by molar-refractivity contribution is 0.133. The highest BCUT2D eigenvalue weighted by Crippen LogP contribution is 2.43. The van der Waals surface area contributed by atoms with Gasteiger partial charge in [0.2, 0.25) is 0 Å². The van der Waals surface area contributed by atoms with Crippen LogP contribution < -0.4 is 0 Å². The predicted molar refractivity (Wildman–Crippen MR) is 61.8 cm³/mol. The first-order valence-corrected chi connectivity index (χ1v) is 5.58. The van der Waals surface area contributed by atoms with Gasteiger partial charge in [0, 0.05) is 12.3 Å². The molecule has 0 aliphatic heterocycles. The van der Waals surface area contributed by atoms with E-state index in [2.05, 4.69) is 39.8 Å². The maximum atomic E-state index is 9.01. The highest BCUT2D eigenvalue weighted by Gasteiger charge is 2.35. The summed E-state index contributed by atoms with van der Waals surface area (Å²) >= 11 is 0. The molecule has 0 radical (unpaired) electrons. The average molecular weight is 206 g/mol. The first-order chi connectivity index (χ1) is 6.81. The first-order valence-electron chi connectivity index (χ1n) is 5.58. The Balaban J connectivity index is 4.73. The molecule has 2 heteroatoms. The van der Waals surface area contributed by atoms with Gasteiger partial charge in [-0.05, 0) is 30.6 Å². The Bertz CT molecular complexity index is 280. The van der Waals surface area contributed by atoms with Crippen LogP contribution in [-0.2, 0) is 0 Å². The molecule has 2 unspecified atom stereocenters. The first kappa shape index (κ1) is 14.0. The predicted octanol–water partition coefficient (Wildman–Crippen LogP) is 3.89. The molecule has 0 aromatic rings. The van der Waals surface area contributed by atoms with E-state index >= 15 is 0 Å². The van der Waals surface area contributed by atoms with Crippen molar-refractivity contribution in [3.8, 4) is 12.1 Å². The summed E-state index contributed by atoms with van der Waals surface area (Å²) in [6.07, 6.45) is 2.47. The van der Waals surface area contributed by atoms with Crippen molar-refractivity contribution in [2.45, 2.75) is 53.9 Å². The third-order valence-electron chi connectivity index (χ3n) is 3.49. The van der Waals surface area contributed by atoms with E-state index in [1.54, 1.807) is 0 Å². The molecular formula is C13H22N2. The van der Waals surface area contributed by atoms with Gasteiger partial charge in [-0.2, -0.15) is 10.5 Å². The molecule has 84 valence electrons. The van der Waals surface area contributed by atoms with Crippen molar-refractivity contribution >= 4 is 0 Å². The summed E-state index contributed by atoms with van der Waals surface area (Å²) in [5, 5.41) is 17.8. The number of nitriles is 2. The molecule has 0 N–H and O–H groups in total. The van der Waals surface area contributed by atoms with E-state index in [1.807, 2.05) is 6.92 Å². The minimum absolute atomic E-state index is 0.00458. The van der Waals surface area contributed by atoms with Gasteiger partial charge >= 0.3 is 0 Å². The molecule has 0 saturated carbocycles. The van der Waals surface area contributed by atoms with Gasteiger partial charge in [0.1, 0.15) is 0 Å². The molecular weight excluding hydrogens is 184 g/mol. The van der Waals surface area contributed by atoms with Gasteiger partial charge in [0.15, 0.2) is 0 Å². The molecule has 0 aliphatic rings. The van der Waals surface area contributed by atoms with Gasteiger partial charge < -0.3 is 0 Å². The van der Waals surface area contributed by atoms with E-state index in [-0.39, 0.29) is 16.7 Å². The molecule has 2 atom stereocenters. The van der Waals surface area contributed by atoms with Crippen LogP contribution in [-0.4, -0.2) is 0 Å². The number of nitrogens with zero attached hydrogens (tertiary/aromatic N) is 2. The van der Waals surface area contributed by atoms with Crippen molar-refractivity contribution in [3.05, 3.63) is 0 Å². The fraction of sp³-hybridized carbons (Fsp3) is 0.846. The van der Waals surface area contributed by atoms with E-state index in [1.165, 1.54) is 0 Å². The fourth-order valence-electron chi connectivity index (χ4n) is 2.11. The van der Waals surface area contributed by atoms with Crippen LogP contribution in [0.25, 0.3) is 0 Å². The van der Waals surface area contributed by atoms with Crippen LogP contribution in [0.3, 0.4) is 0 Å². The van der Waals surface area contributed by atoms with Gasteiger partial charge in [-0.3, -0.25) is 0 Å². The SMILES string of the molecule is CCC(C)(CC(C)(C)CC#N)C(C)C#N. The third kappa shape index (κ3) is 3.92. The zero-order valence-corrected chi connectivity index (χ0v) is 10.6. The van der Waals surface area contributed by atoms with Gasteiger partial charge in [-0.15, -0.1) is 0 Å². The second-order valence-corrected chi connectivity index (χ2v) is 5.53. The Labute approximate surface area is 93.9 Å². The van der Waals surface area contributed by atoms with Crippen molar-refractivity contribution in [3.63, 3.8) is 0 Å². The second kappa shape index (κ2) is 5.17. The third-order valence-corrected chi connectivity index (χ3v) is 3.49. The van der Waals surface area contributed by atoms with E-state index in [4.69, 9.17) is 10.5 Å². The molecule has 0 aromatic heterocycles. The van der Waals surface area contributed by atoms with Crippen molar-refractivity contribution < 1.29 is 0 Å². The molecule has 0 fully saturated rings.